The fraction of sp³-hybridized carbons (Fsp3) is 0.500. The molecular weight excluding hydrogens is 218 g/mol. The number of hydrogen-bond acceptors (Lipinski definition) is 4. The van der Waals surface area contributed by atoms with Gasteiger partial charge in [-0.3, -0.25) is 4.68 Å². The summed E-state index contributed by atoms with van der Waals surface area (Å²) >= 11 is 0. The van der Waals surface area contributed by atoms with Crippen LogP contribution in [0.2, 0.25) is 0 Å². The van der Waals surface area contributed by atoms with Crippen LogP contribution in [0.1, 0.15) is 30.4 Å². The lowest BCUT2D eigenvalue weighted by atomic mass is 10.2. The monoisotopic (exact) mass is 235 g/mol. The molecule has 92 valence electrons. The molecule has 0 saturated heterocycles. The summed E-state index contributed by atoms with van der Waals surface area (Å²) in [6.07, 6.45) is 4.69. The Morgan fingerprint density at radius 2 is 2.24 bits per heavy atom. The zero-order chi connectivity index (χ0) is 12.3. The second-order valence-electron chi connectivity index (χ2n) is 4.03. The molecule has 0 aliphatic carbocycles. The molecule has 0 spiro atoms. The molecule has 0 amide bonds. The summed E-state index contributed by atoms with van der Waals surface area (Å²) in [7, 11) is 0. The zero-order valence-corrected chi connectivity index (χ0v) is 10.4. The number of rotatable bonds is 5. The van der Waals surface area contributed by atoms with Crippen LogP contribution in [-0.2, 0) is 13.2 Å². The van der Waals surface area contributed by atoms with Gasteiger partial charge in [-0.2, -0.15) is 5.10 Å². The first kappa shape index (κ1) is 11.7. The van der Waals surface area contributed by atoms with Crippen molar-refractivity contribution in [3.05, 3.63) is 29.4 Å². The van der Waals surface area contributed by atoms with E-state index in [4.69, 9.17) is 9.26 Å². The molecule has 0 unspecified atom stereocenters. The summed E-state index contributed by atoms with van der Waals surface area (Å²) in [6, 6.07) is 0. The van der Waals surface area contributed by atoms with Gasteiger partial charge in [-0.1, -0.05) is 12.1 Å². The van der Waals surface area contributed by atoms with Crippen molar-refractivity contribution in [1.82, 2.24) is 14.9 Å². The summed E-state index contributed by atoms with van der Waals surface area (Å²) in [5, 5.41) is 8.09. The minimum atomic E-state index is 0.471. The molecule has 0 bridgehead atoms. The van der Waals surface area contributed by atoms with Gasteiger partial charge < -0.3 is 9.26 Å². The van der Waals surface area contributed by atoms with Gasteiger partial charge in [0.2, 0.25) is 0 Å². The van der Waals surface area contributed by atoms with Gasteiger partial charge >= 0.3 is 0 Å². The average Bonchev–Trinajstić information content (AvgIpc) is 2.86. The summed E-state index contributed by atoms with van der Waals surface area (Å²) in [4.78, 5) is 0. The van der Waals surface area contributed by atoms with Crippen LogP contribution in [0.3, 0.4) is 0 Å². The van der Waals surface area contributed by atoms with Crippen LogP contribution < -0.4 is 4.74 Å². The lowest BCUT2D eigenvalue weighted by molar-refractivity contribution is 0.301. The number of aryl methyl sites for hydroxylation is 3. The lowest BCUT2D eigenvalue weighted by Gasteiger charge is -2.02. The highest BCUT2D eigenvalue weighted by molar-refractivity contribution is 5.21. The molecule has 5 heteroatoms. The smallest absolute Gasteiger partial charge is 0.157 e. The molecule has 5 nitrogen and oxygen atoms in total. The first-order chi connectivity index (χ1) is 8.20. The number of nitrogens with zero attached hydrogens (tertiary/aromatic N) is 3. The molecule has 0 radical (unpaired) electrons. The molecule has 0 saturated carbocycles. The van der Waals surface area contributed by atoms with Crippen LogP contribution in [0.4, 0.5) is 0 Å². The van der Waals surface area contributed by atoms with E-state index in [1.807, 2.05) is 24.7 Å². The minimum absolute atomic E-state index is 0.471. The largest absolute Gasteiger partial charge is 0.485 e. The van der Waals surface area contributed by atoms with Crippen molar-refractivity contribution < 1.29 is 9.26 Å². The SMILES string of the molecule is CCCn1cc(OCc2c(C)noc2C)cn1. The minimum Gasteiger partial charge on any atom is -0.485 e. The Balaban J connectivity index is 1.97. The summed E-state index contributed by atoms with van der Waals surface area (Å²) in [5.74, 6) is 1.59. The van der Waals surface area contributed by atoms with Crippen LogP contribution in [0.5, 0.6) is 5.75 Å². The van der Waals surface area contributed by atoms with E-state index in [0.29, 0.717) is 6.61 Å². The van der Waals surface area contributed by atoms with Gasteiger partial charge in [-0.05, 0) is 20.3 Å². The molecule has 0 atom stereocenters. The van der Waals surface area contributed by atoms with Crippen molar-refractivity contribution in [3.63, 3.8) is 0 Å². The lowest BCUT2D eigenvalue weighted by Crippen LogP contribution is -1.98. The van der Waals surface area contributed by atoms with E-state index in [1.54, 1.807) is 6.20 Å². The highest BCUT2D eigenvalue weighted by atomic mass is 16.5. The molecule has 0 aliphatic heterocycles. The van der Waals surface area contributed by atoms with Gasteiger partial charge in [0.25, 0.3) is 0 Å². The van der Waals surface area contributed by atoms with Gasteiger partial charge in [0, 0.05) is 6.54 Å². The van der Waals surface area contributed by atoms with Crippen LogP contribution in [0.25, 0.3) is 0 Å². The molecule has 2 heterocycles. The van der Waals surface area contributed by atoms with Crippen molar-refractivity contribution in [3.8, 4) is 5.75 Å². The predicted octanol–water partition coefficient (Wildman–Crippen LogP) is 2.48. The van der Waals surface area contributed by atoms with E-state index in [1.165, 1.54) is 0 Å². The van der Waals surface area contributed by atoms with E-state index in [2.05, 4.69) is 17.2 Å². The average molecular weight is 235 g/mol. The Morgan fingerprint density at radius 3 is 2.88 bits per heavy atom. The third-order valence-electron chi connectivity index (χ3n) is 2.63. The number of aromatic nitrogens is 3. The molecule has 2 aromatic rings. The predicted molar refractivity (Wildman–Crippen MR) is 62.8 cm³/mol. The second-order valence-corrected chi connectivity index (χ2v) is 4.03. The molecule has 2 rings (SSSR count). The van der Waals surface area contributed by atoms with Gasteiger partial charge in [-0.25, -0.2) is 0 Å². The maximum absolute atomic E-state index is 5.66. The van der Waals surface area contributed by atoms with Crippen molar-refractivity contribution in [2.24, 2.45) is 0 Å². The van der Waals surface area contributed by atoms with Crippen LogP contribution in [-0.4, -0.2) is 14.9 Å². The van der Waals surface area contributed by atoms with Gasteiger partial charge in [0.15, 0.2) is 5.75 Å². The standard InChI is InChI=1S/C12H17N3O2/c1-4-5-15-7-11(6-13-15)16-8-12-9(2)14-17-10(12)3/h6-7H,4-5,8H2,1-3H3. The van der Waals surface area contributed by atoms with E-state index >= 15 is 0 Å². The topological polar surface area (TPSA) is 53.1 Å². The molecule has 0 N–H and O–H groups in total. The van der Waals surface area contributed by atoms with Crippen LogP contribution in [0, 0.1) is 13.8 Å². The van der Waals surface area contributed by atoms with E-state index in [9.17, 15) is 0 Å². The van der Waals surface area contributed by atoms with Crippen LogP contribution in [0.15, 0.2) is 16.9 Å². The molecule has 2 aromatic heterocycles. The Labute approximate surface area is 100 Å². The number of hydrogen-bond donors (Lipinski definition) is 0. The summed E-state index contributed by atoms with van der Waals surface area (Å²) in [5.41, 5.74) is 1.89. The third kappa shape index (κ3) is 2.67. The van der Waals surface area contributed by atoms with Gasteiger partial charge in [-0.15, -0.1) is 0 Å². The van der Waals surface area contributed by atoms with E-state index in [0.717, 1.165) is 35.7 Å². The van der Waals surface area contributed by atoms with Crippen molar-refractivity contribution in [2.45, 2.75) is 40.3 Å². The molecule has 0 fully saturated rings. The summed E-state index contributed by atoms with van der Waals surface area (Å²) in [6.45, 7) is 7.30. The van der Waals surface area contributed by atoms with Gasteiger partial charge in [0.05, 0.1) is 23.7 Å². The van der Waals surface area contributed by atoms with Crippen molar-refractivity contribution >= 4 is 0 Å². The van der Waals surface area contributed by atoms with Crippen LogP contribution >= 0.6 is 0 Å². The number of ether oxygens (including phenoxy) is 1. The first-order valence-corrected chi connectivity index (χ1v) is 5.77. The van der Waals surface area contributed by atoms with Crippen molar-refractivity contribution in [2.75, 3.05) is 0 Å². The molecule has 0 aliphatic rings. The fourth-order valence-corrected chi connectivity index (χ4v) is 1.63. The third-order valence-corrected chi connectivity index (χ3v) is 2.63. The van der Waals surface area contributed by atoms with Crippen molar-refractivity contribution in [1.29, 1.82) is 0 Å². The Kier molecular flexibility index (Phi) is 3.46. The molecular formula is C12H17N3O2. The Hall–Kier alpha value is -1.78. The van der Waals surface area contributed by atoms with E-state index in [-0.39, 0.29) is 0 Å². The quantitative estimate of drug-likeness (QED) is 0.798. The molecule has 17 heavy (non-hydrogen) atoms. The maximum Gasteiger partial charge on any atom is 0.157 e. The zero-order valence-electron chi connectivity index (χ0n) is 10.4. The fourth-order valence-electron chi connectivity index (χ4n) is 1.63. The summed E-state index contributed by atoms with van der Waals surface area (Å²) < 4.78 is 12.6. The normalized spacial score (nSPS) is 10.8. The van der Waals surface area contributed by atoms with E-state index < -0.39 is 0 Å². The maximum atomic E-state index is 5.66. The first-order valence-electron chi connectivity index (χ1n) is 5.77. The highest BCUT2D eigenvalue weighted by Gasteiger charge is 2.09. The molecule has 0 aromatic carbocycles. The Bertz CT molecular complexity index is 468. The second kappa shape index (κ2) is 5.03. The van der Waals surface area contributed by atoms with Gasteiger partial charge in [0.1, 0.15) is 12.4 Å². The Morgan fingerprint density at radius 1 is 1.41 bits per heavy atom. The highest BCUT2D eigenvalue weighted by Crippen LogP contribution is 2.16.